The largest absolute Gasteiger partial charge is 0.357 e. The fourth-order valence-electron chi connectivity index (χ4n) is 3.79. The van der Waals surface area contributed by atoms with Gasteiger partial charge in [-0.25, -0.2) is 0 Å². The maximum absolute atomic E-state index is 11.7. The highest BCUT2D eigenvalue weighted by atomic mass is 35.5. The summed E-state index contributed by atoms with van der Waals surface area (Å²) in [6.45, 7) is 9.71. The Kier molecular flexibility index (Phi) is 9.74. The Morgan fingerprint density at radius 2 is 2.03 bits per heavy atom. The fourth-order valence-corrected chi connectivity index (χ4v) is 3.99. The number of carbonyl (C=O) groups excluding carboxylic acids is 1. The molecule has 1 fully saturated rings. The molecule has 1 saturated heterocycles. The molecule has 6 nitrogen and oxygen atoms in total. The summed E-state index contributed by atoms with van der Waals surface area (Å²) < 4.78 is 0. The normalized spacial score (nSPS) is 20.6. The van der Waals surface area contributed by atoms with Crippen LogP contribution in [0.4, 0.5) is 0 Å². The highest BCUT2D eigenvalue weighted by molar-refractivity contribution is 6.30. The van der Waals surface area contributed by atoms with Gasteiger partial charge in [-0.3, -0.25) is 14.7 Å². The van der Waals surface area contributed by atoms with Crippen LogP contribution in [-0.2, 0) is 4.79 Å². The molecule has 0 aromatic heterocycles. The molecule has 2 rings (SSSR count). The second kappa shape index (κ2) is 12.0. The number of halogens is 1. The highest BCUT2D eigenvalue weighted by Crippen LogP contribution is 2.36. The second-order valence-corrected chi connectivity index (χ2v) is 8.41. The summed E-state index contributed by atoms with van der Waals surface area (Å²) in [7, 11) is 2.18. The molecule has 2 atom stereocenters. The second-order valence-electron chi connectivity index (χ2n) is 7.97. The minimum absolute atomic E-state index is 0.00335. The average molecular weight is 422 g/mol. The predicted molar refractivity (Wildman–Crippen MR) is 121 cm³/mol. The van der Waals surface area contributed by atoms with E-state index in [0.717, 1.165) is 37.0 Å². The standard InChI is InChI=1S/C22H36ClN5O/c1-5-24-22(26-12-11-25-21(29)16(2)3)27-15-18-9-7-13-28(4)20(18)17-8-6-10-19(23)14-17/h6,8,10,14,16,18,20H,5,7,9,11-13,15H2,1-4H3,(H,25,29)(H2,24,26,27). The van der Waals surface area contributed by atoms with E-state index in [4.69, 9.17) is 16.6 Å². The maximum Gasteiger partial charge on any atom is 0.222 e. The summed E-state index contributed by atoms with van der Waals surface area (Å²) in [6, 6.07) is 8.50. The molecule has 0 spiro atoms. The van der Waals surface area contributed by atoms with Crippen molar-refractivity contribution in [3.8, 4) is 0 Å². The van der Waals surface area contributed by atoms with Gasteiger partial charge in [0.2, 0.25) is 5.91 Å². The molecule has 0 bridgehead atoms. The number of piperidine rings is 1. The van der Waals surface area contributed by atoms with Crippen molar-refractivity contribution in [1.29, 1.82) is 0 Å². The van der Waals surface area contributed by atoms with Crippen molar-refractivity contribution >= 4 is 23.5 Å². The number of benzene rings is 1. The lowest BCUT2D eigenvalue weighted by atomic mass is 9.85. The van der Waals surface area contributed by atoms with E-state index >= 15 is 0 Å². The molecule has 1 aliphatic rings. The summed E-state index contributed by atoms with van der Waals surface area (Å²) in [4.78, 5) is 18.9. The van der Waals surface area contributed by atoms with Gasteiger partial charge in [-0.1, -0.05) is 37.6 Å². The highest BCUT2D eigenvalue weighted by Gasteiger charge is 2.30. The third-order valence-corrected chi connectivity index (χ3v) is 5.50. The first-order chi connectivity index (χ1) is 13.9. The van der Waals surface area contributed by atoms with E-state index in [1.54, 1.807) is 0 Å². The molecule has 0 saturated carbocycles. The molecule has 1 heterocycles. The van der Waals surface area contributed by atoms with Crippen molar-refractivity contribution in [2.75, 3.05) is 39.8 Å². The van der Waals surface area contributed by atoms with E-state index in [1.807, 2.05) is 26.0 Å². The summed E-state index contributed by atoms with van der Waals surface area (Å²) in [5.74, 6) is 1.31. The molecule has 1 aromatic rings. The van der Waals surface area contributed by atoms with E-state index in [1.165, 1.54) is 12.0 Å². The van der Waals surface area contributed by atoms with Gasteiger partial charge in [-0.15, -0.1) is 0 Å². The number of hydrogen-bond acceptors (Lipinski definition) is 3. The molecule has 162 valence electrons. The van der Waals surface area contributed by atoms with Crippen molar-refractivity contribution in [3.63, 3.8) is 0 Å². The lowest BCUT2D eigenvalue weighted by Crippen LogP contribution is -2.43. The number of nitrogens with zero attached hydrogens (tertiary/aromatic N) is 2. The smallest absolute Gasteiger partial charge is 0.222 e. The predicted octanol–water partition coefficient (Wildman–Crippen LogP) is 3.05. The quantitative estimate of drug-likeness (QED) is 0.343. The molecule has 2 unspecified atom stereocenters. The fraction of sp³-hybridized carbons (Fsp3) is 0.636. The number of nitrogens with one attached hydrogen (secondary N) is 3. The van der Waals surface area contributed by atoms with Crippen LogP contribution < -0.4 is 16.0 Å². The Hall–Kier alpha value is -1.79. The summed E-state index contributed by atoms with van der Waals surface area (Å²) >= 11 is 6.24. The van der Waals surface area contributed by atoms with Gasteiger partial charge in [0.25, 0.3) is 0 Å². The topological polar surface area (TPSA) is 68.8 Å². The zero-order chi connectivity index (χ0) is 21.2. The number of likely N-dealkylation sites (tertiary alicyclic amines) is 1. The number of amides is 1. The van der Waals surface area contributed by atoms with Gasteiger partial charge in [0, 0.05) is 43.2 Å². The summed E-state index contributed by atoms with van der Waals surface area (Å²) in [6.07, 6.45) is 2.33. The lowest BCUT2D eigenvalue weighted by Gasteiger charge is -2.39. The maximum atomic E-state index is 11.7. The van der Waals surface area contributed by atoms with Gasteiger partial charge in [0.15, 0.2) is 5.96 Å². The van der Waals surface area contributed by atoms with Crippen LogP contribution >= 0.6 is 11.6 Å². The molecular formula is C22H36ClN5O. The molecule has 7 heteroatoms. The van der Waals surface area contributed by atoms with Crippen molar-refractivity contribution in [1.82, 2.24) is 20.9 Å². The number of carbonyl (C=O) groups is 1. The Balaban J connectivity index is 1.98. The van der Waals surface area contributed by atoms with Crippen LogP contribution in [0.2, 0.25) is 5.02 Å². The van der Waals surface area contributed by atoms with E-state index < -0.39 is 0 Å². The molecule has 29 heavy (non-hydrogen) atoms. The molecule has 3 N–H and O–H groups in total. The van der Waals surface area contributed by atoms with Gasteiger partial charge in [-0.2, -0.15) is 0 Å². The van der Waals surface area contributed by atoms with Gasteiger partial charge in [0.05, 0.1) is 0 Å². The molecule has 1 aromatic carbocycles. The van der Waals surface area contributed by atoms with Gasteiger partial charge >= 0.3 is 0 Å². The Bertz CT molecular complexity index is 679. The molecular weight excluding hydrogens is 386 g/mol. The Morgan fingerprint density at radius 3 is 2.72 bits per heavy atom. The van der Waals surface area contributed by atoms with Crippen LogP contribution in [-0.4, -0.2) is 56.5 Å². The van der Waals surface area contributed by atoms with Crippen molar-refractivity contribution < 1.29 is 4.79 Å². The van der Waals surface area contributed by atoms with Crippen LogP contribution in [0.15, 0.2) is 29.3 Å². The van der Waals surface area contributed by atoms with E-state index in [-0.39, 0.29) is 11.8 Å². The first kappa shape index (κ1) is 23.5. The summed E-state index contributed by atoms with van der Waals surface area (Å²) in [5, 5.41) is 10.3. The van der Waals surface area contributed by atoms with Crippen molar-refractivity contribution in [2.45, 2.75) is 39.7 Å². The molecule has 0 aliphatic carbocycles. The van der Waals surface area contributed by atoms with Crippen molar-refractivity contribution in [3.05, 3.63) is 34.9 Å². The van der Waals surface area contributed by atoms with Gasteiger partial charge in [-0.05, 0) is 57.0 Å². The van der Waals surface area contributed by atoms with Crippen LogP contribution in [0.3, 0.4) is 0 Å². The Labute approximate surface area is 180 Å². The van der Waals surface area contributed by atoms with E-state index in [9.17, 15) is 4.79 Å². The van der Waals surface area contributed by atoms with E-state index in [2.05, 4.69) is 47.0 Å². The van der Waals surface area contributed by atoms with Crippen LogP contribution in [0, 0.1) is 11.8 Å². The number of aliphatic imine (C=N–C) groups is 1. The first-order valence-electron chi connectivity index (χ1n) is 10.7. The zero-order valence-electron chi connectivity index (χ0n) is 18.2. The molecule has 1 aliphatic heterocycles. The van der Waals surface area contributed by atoms with Crippen LogP contribution in [0.1, 0.15) is 45.2 Å². The SMILES string of the molecule is CCNC(=NCC1CCCN(C)C1c1cccc(Cl)c1)NCCNC(=O)C(C)C. The van der Waals surface area contributed by atoms with Crippen LogP contribution in [0.5, 0.6) is 0 Å². The minimum Gasteiger partial charge on any atom is -0.357 e. The number of hydrogen-bond donors (Lipinski definition) is 3. The summed E-state index contributed by atoms with van der Waals surface area (Å²) in [5.41, 5.74) is 1.26. The van der Waals surface area contributed by atoms with E-state index in [0.29, 0.717) is 25.0 Å². The zero-order valence-corrected chi connectivity index (χ0v) is 18.9. The lowest BCUT2D eigenvalue weighted by molar-refractivity contribution is -0.123. The molecule has 0 radical (unpaired) electrons. The molecule has 1 amide bonds. The van der Waals surface area contributed by atoms with Gasteiger partial charge < -0.3 is 16.0 Å². The minimum atomic E-state index is 0.00335. The first-order valence-corrected chi connectivity index (χ1v) is 11.1. The van der Waals surface area contributed by atoms with Gasteiger partial charge in [0.1, 0.15) is 0 Å². The monoisotopic (exact) mass is 421 g/mol. The third-order valence-electron chi connectivity index (χ3n) is 5.27. The number of rotatable bonds is 8. The third kappa shape index (κ3) is 7.52. The Morgan fingerprint density at radius 1 is 1.28 bits per heavy atom. The average Bonchev–Trinajstić information content (AvgIpc) is 2.68. The number of guanidine groups is 1. The van der Waals surface area contributed by atoms with Crippen molar-refractivity contribution in [2.24, 2.45) is 16.8 Å². The van der Waals surface area contributed by atoms with Crippen LogP contribution in [0.25, 0.3) is 0 Å².